The van der Waals surface area contributed by atoms with Gasteiger partial charge in [-0.15, -0.1) is 0 Å². The van der Waals surface area contributed by atoms with Gasteiger partial charge in [0.2, 0.25) is 10.0 Å². The molecule has 3 rings (SSSR count). The molecule has 2 aromatic rings. The van der Waals surface area contributed by atoms with Crippen LogP contribution in [0.1, 0.15) is 18.7 Å². The molecule has 0 N–H and O–H groups in total. The van der Waals surface area contributed by atoms with Gasteiger partial charge in [-0.25, -0.2) is 13.4 Å². The van der Waals surface area contributed by atoms with Crippen molar-refractivity contribution in [1.29, 1.82) is 0 Å². The number of imidazole rings is 1. The van der Waals surface area contributed by atoms with Gasteiger partial charge in [0.05, 0.1) is 6.20 Å². The minimum absolute atomic E-state index is 0.273. The second-order valence-electron chi connectivity index (χ2n) is 5.85. The zero-order chi connectivity index (χ0) is 15.7. The standard InChI is InChI=1S/C14H21N5O2S/c1-12-15-5-7-18(12)9-13-4-3-6-19(10-13)22(20,21)14-8-16-17(2)11-14/h5,7-8,11,13H,3-4,6,9-10H2,1-2H3. The smallest absolute Gasteiger partial charge is 0.246 e. The van der Waals surface area contributed by atoms with Gasteiger partial charge in [-0.1, -0.05) is 0 Å². The van der Waals surface area contributed by atoms with Gasteiger partial charge in [-0.3, -0.25) is 4.68 Å². The van der Waals surface area contributed by atoms with Crippen LogP contribution in [0, 0.1) is 12.8 Å². The number of hydrogen-bond acceptors (Lipinski definition) is 4. The van der Waals surface area contributed by atoms with E-state index in [0.717, 1.165) is 25.2 Å². The van der Waals surface area contributed by atoms with Crippen LogP contribution in [0.5, 0.6) is 0 Å². The Kier molecular flexibility index (Phi) is 4.05. The summed E-state index contributed by atoms with van der Waals surface area (Å²) in [5.41, 5.74) is 0. The first-order chi connectivity index (χ1) is 10.5. The summed E-state index contributed by atoms with van der Waals surface area (Å²) in [6.07, 6.45) is 8.62. The van der Waals surface area contributed by atoms with Crippen molar-refractivity contribution in [3.05, 3.63) is 30.6 Å². The van der Waals surface area contributed by atoms with Gasteiger partial charge in [0.15, 0.2) is 0 Å². The van der Waals surface area contributed by atoms with Crippen LogP contribution in [0.2, 0.25) is 0 Å². The van der Waals surface area contributed by atoms with Gasteiger partial charge in [0.25, 0.3) is 0 Å². The topological polar surface area (TPSA) is 73.0 Å². The highest BCUT2D eigenvalue weighted by Gasteiger charge is 2.31. The normalized spacial score (nSPS) is 20.4. The van der Waals surface area contributed by atoms with Gasteiger partial charge in [-0.05, 0) is 25.7 Å². The molecule has 8 heteroatoms. The fourth-order valence-electron chi connectivity index (χ4n) is 2.95. The number of aryl methyl sites for hydroxylation is 2. The largest absolute Gasteiger partial charge is 0.335 e. The number of hydrogen-bond donors (Lipinski definition) is 0. The molecule has 7 nitrogen and oxygen atoms in total. The van der Waals surface area contributed by atoms with Crippen molar-refractivity contribution in [3.8, 4) is 0 Å². The minimum Gasteiger partial charge on any atom is -0.335 e. The van der Waals surface area contributed by atoms with Gasteiger partial charge in [-0.2, -0.15) is 9.40 Å². The lowest BCUT2D eigenvalue weighted by Crippen LogP contribution is -2.41. The summed E-state index contributed by atoms with van der Waals surface area (Å²) in [5.74, 6) is 1.28. The third kappa shape index (κ3) is 2.93. The van der Waals surface area contributed by atoms with E-state index in [4.69, 9.17) is 0 Å². The molecule has 0 radical (unpaired) electrons. The predicted octanol–water partition coefficient (Wildman–Crippen LogP) is 1.03. The highest BCUT2D eigenvalue weighted by atomic mass is 32.2. The summed E-state index contributed by atoms with van der Waals surface area (Å²) in [7, 11) is -1.72. The van der Waals surface area contributed by atoms with Crippen LogP contribution in [0.25, 0.3) is 0 Å². The molecule has 0 saturated carbocycles. The molecule has 1 fully saturated rings. The van der Waals surface area contributed by atoms with E-state index in [1.165, 1.54) is 10.9 Å². The molecule has 1 saturated heterocycles. The number of sulfonamides is 1. The van der Waals surface area contributed by atoms with Crippen molar-refractivity contribution in [2.45, 2.75) is 31.2 Å². The first-order valence-corrected chi connectivity index (χ1v) is 8.87. The van der Waals surface area contributed by atoms with Crippen LogP contribution in [-0.4, -0.2) is 45.1 Å². The van der Waals surface area contributed by atoms with Gasteiger partial charge in [0.1, 0.15) is 10.7 Å². The summed E-state index contributed by atoms with van der Waals surface area (Å²) in [6.45, 7) is 3.91. The molecule has 1 unspecified atom stereocenters. The zero-order valence-corrected chi connectivity index (χ0v) is 13.7. The first-order valence-electron chi connectivity index (χ1n) is 7.43. The van der Waals surface area contributed by atoms with Crippen molar-refractivity contribution < 1.29 is 8.42 Å². The lowest BCUT2D eigenvalue weighted by atomic mass is 10.00. The maximum absolute atomic E-state index is 12.7. The molecule has 1 atom stereocenters. The Morgan fingerprint density at radius 1 is 1.41 bits per heavy atom. The molecule has 0 amide bonds. The monoisotopic (exact) mass is 323 g/mol. The number of aromatic nitrogens is 4. The fourth-order valence-corrected chi connectivity index (χ4v) is 4.49. The van der Waals surface area contributed by atoms with Crippen LogP contribution in [-0.2, 0) is 23.6 Å². The van der Waals surface area contributed by atoms with Gasteiger partial charge >= 0.3 is 0 Å². The van der Waals surface area contributed by atoms with Crippen molar-refractivity contribution in [3.63, 3.8) is 0 Å². The molecular weight excluding hydrogens is 302 g/mol. The van der Waals surface area contributed by atoms with Crippen molar-refractivity contribution in [1.82, 2.24) is 23.6 Å². The summed E-state index contributed by atoms with van der Waals surface area (Å²) in [4.78, 5) is 4.49. The van der Waals surface area contributed by atoms with E-state index in [2.05, 4.69) is 14.6 Å². The quantitative estimate of drug-likeness (QED) is 0.842. The third-order valence-corrected chi connectivity index (χ3v) is 6.00. The number of nitrogens with zero attached hydrogens (tertiary/aromatic N) is 5. The molecule has 120 valence electrons. The minimum atomic E-state index is -3.44. The summed E-state index contributed by atoms with van der Waals surface area (Å²) >= 11 is 0. The summed E-state index contributed by atoms with van der Waals surface area (Å²) < 4.78 is 30.5. The second-order valence-corrected chi connectivity index (χ2v) is 7.79. The average Bonchev–Trinajstić information content (AvgIpc) is 3.09. The predicted molar refractivity (Wildman–Crippen MR) is 81.7 cm³/mol. The van der Waals surface area contributed by atoms with Crippen molar-refractivity contribution in [2.75, 3.05) is 13.1 Å². The Hall–Kier alpha value is -1.67. The SMILES string of the molecule is Cc1nccn1CC1CCCN(S(=O)(=O)c2cnn(C)c2)C1. The molecule has 22 heavy (non-hydrogen) atoms. The van der Waals surface area contributed by atoms with Crippen molar-refractivity contribution in [2.24, 2.45) is 13.0 Å². The highest BCUT2D eigenvalue weighted by Crippen LogP contribution is 2.24. The average molecular weight is 323 g/mol. The van der Waals surface area contributed by atoms with Crippen molar-refractivity contribution >= 4 is 10.0 Å². The molecule has 1 aliphatic heterocycles. The highest BCUT2D eigenvalue weighted by molar-refractivity contribution is 7.89. The van der Waals surface area contributed by atoms with E-state index >= 15 is 0 Å². The van der Waals surface area contributed by atoms with E-state index in [0.29, 0.717) is 19.0 Å². The zero-order valence-electron chi connectivity index (χ0n) is 12.9. The second kappa shape index (κ2) is 5.85. The fraction of sp³-hybridized carbons (Fsp3) is 0.571. The van der Waals surface area contributed by atoms with E-state index in [9.17, 15) is 8.42 Å². The Labute approximate surface area is 130 Å². The van der Waals surface area contributed by atoms with E-state index in [1.54, 1.807) is 23.7 Å². The molecule has 1 aliphatic rings. The third-order valence-electron chi connectivity index (χ3n) is 4.18. The Morgan fingerprint density at radius 2 is 2.23 bits per heavy atom. The molecular formula is C14H21N5O2S. The Morgan fingerprint density at radius 3 is 2.86 bits per heavy atom. The van der Waals surface area contributed by atoms with Crippen LogP contribution < -0.4 is 0 Å². The Balaban J connectivity index is 1.74. The summed E-state index contributed by atoms with van der Waals surface area (Å²) in [6, 6.07) is 0. The van der Waals surface area contributed by atoms with Gasteiger partial charge < -0.3 is 4.57 Å². The molecule has 0 aliphatic carbocycles. The van der Waals surface area contributed by atoms with E-state index in [1.807, 2.05) is 13.1 Å². The maximum Gasteiger partial charge on any atom is 0.246 e. The van der Waals surface area contributed by atoms with Crippen LogP contribution in [0.15, 0.2) is 29.7 Å². The van der Waals surface area contributed by atoms with Crippen LogP contribution >= 0.6 is 0 Å². The summed E-state index contributed by atoms with van der Waals surface area (Å²) in [5, 5.41) is 3.97. The van der Waals surface area contributed by atoms with Crippen LogP contribution in [0.4, 0.5) is 0 Å². The van der Waals surface area contributed by atoms with Gasteiger partial charge in [0, 0.05) is 45.3 Å². The lowest BCUT2D eigenvalue weighted by molar-refractivity contribution is 0.244. The van der Waals surface area contributed by atoms with Crippen LogP contribution in [0.3, 0.4) is 0 Å². The molecule has 2 aromatic heterocycles. The Bertz CT molecular complexity index is 749. The maximum atomic E-state index is 12.7. The molecule has 3 heterocycles. The molecule has 0 bridgehead atoms. The number of rotatable bonds is 4. The van der Waals surface area contributed by atoms with E-state index < -0.39 is 10.0 Å². The van der Waals surface area contributed by atoms with E-state index in [-0.39, 0.29) is 4.90 Å². The number of piperidine rings is 1. The molecule has 0 spiro atoms. The lowest BCUT2D eigenvalue weighted by Gasteiger charge is -2.31. The molecule has 0 aromatic carbocycles. The first kappa shape index (κ1) is 15.2.